The Morgan fingerprint density at radius 1 is 1.03 bits per heavy atom. The van der Waals surface area contributed by atoms with E-state index in [2.05, 4.69) is 56.2 Å². The molecule has 1 unspecified atom stereocenters. The van der Waals surface area contributed by atoms with E-state index in [0.29, 0.717) is 51.6 Å². The highest BCUT2D eigenvalue weighted by molar-refractivity contribution is 5.96. The van der Waals surface area contributed by atoms with Crippen molar-refractivity contribution in [3.63, 3.8) is 0 Å². The number of nitrogens with one attached hydrogen (secondary N) is 3. The number of imidazole rings is 1. The Morgan fingerprint density at radius 3 is 2.69 bits per heavy atom. The molecule has 0 saturated heterocycles. The molecule has 39 heavy (non-hydrogen) atoms. The molecule has 5 heterocycles. The number of halogens is 1. The molecule has 9 nitrogen and oxygen atoms in total. The molecule has 196 valence electrons. The smallest absolute Gasteiger partial charge is 0.160 e. The van der Waals surface area contributed by atoms with Crippen LogP contribution in [0.4, 0.5) is 10.1 Å². The van der Waals surface area contributed by atoms with Crippen molar-refractivity contribution in [3.8, 4) is 33.9 Å². The topological polar surface area (TPSA) is 128 Å². The minimum absolute atomic E-state index is 0.0239. The van der Waals surface area contributed by atoms with Gasteiger partial charge in [0.1, 0.15) is 23.3 Å². The number of aliphatic hydroxyl groups excluding tert-OH is 1. The van der Waals surface area contributed by atoms with Gasteiger partial charge < -0.3 is 15.4 Å². The standard InChI is InChI=1S/C29H27FN8O/c1-29(2,3)12-24(39)34-17-10-16(13-31-14-17)22-11-20-23(15-33-22)37-38-26(20)28-35-25-19(8-9-32-27(25)36-28)18-6-4-5-7-21(18)30/h4-11,13-15,24,34,39H,12H2,1-3H3,(H,37,38)(H,32,35,36). The van der Waals surface area contributed by atoms with E-state index in [0.717, 1.165) is 16.5 Å². The average molecular weight is 523 g/mol. The normalized spacial score (nSPS) is 12.7. The first-order valence-electron chi connectivity index (χ1n) is 12.6. The molecule has 4 N–H and O–H groups in total. The maximum atomic E-state index is 14.6. The molecule has 0 aliphatic heterocycles. The quantitative estimate of drug-likeness (QED) is 0.200. The number of hydrogen-bond acceptors (Lipinski definition) is 7. The first kappa shape index (κ1) is 24.6. The number of fused-ring (bicyclic) bond motifs is 2. The summed E-state index contributed by atoms with van der Waals surface area (Å²) in [6.45, 7) is 6.23. The van der Waals surface area contributed by atoms with Crippen LogP contribution in [-0.2, 0) is 0 Å². The first-order valence-corrected chi connectivity index (χ1v) is 12.6. The van der Waals surface area contributed by atoms with E-state index < -0.39 is 6.23 Å². The molecule has 0 saturated carbocycles. The van der Waals surface area contributed by atoms with Crippen molar-refractivity contribution >= 4 is 27.8 Å². The van der Waals surface area contributed by atoms with E-state index in [4.69, 9.17) is 4.98 Å². The van der Waals surface area contributed by atoms with Crippen molar-refractivity contribution in [1.82, 2.24) is 35.1 Å². The van der Waals surface area contributed by atoms with Crippen molar-refractivity contribution in [2.75, 3.05) is 5.32 Å². The number of aromatic nitrogens is 7. The second-order valence-corrected chi connectivity index (χ2v) is 10.7. The molecular weight excluding hydrogens is 495 g/mol. The number of pyridine rings is 3. The number of aromatic amines is 2. The van der Waals surface area contributed by atoms with Crippen LogP contribution in [0.2, 0.25) is 0 Å². The average Bonchev–Trinajstić information content (AvgIpc) is 3.51. The zero-order chi connectivity index (χ0) is 27.1. The molecule has 0 radical (unpaired) electrons. The number of aliphatic hydroxyl groups is 1. The lowest BCUT2D eigenvalue weighted by atomic mass is 9.91. The largest absolute Gasteiger partial charge is 0.374 e. The summed E-state index contributed by atoms with van der Waals surface area (Å²) in [5.41, 5.74) is 5.66. The maximum absolute atomic E-state index is 14.6. The molecule has 0 aliphatic rings. The van der Waals surface area contributed by atoms with Crippen molar-refractivity contribution in [2.24, 2.45) is 5.41 Å². The summed E-state index contributed by atoms with van der Waals surface area (Å²) in [6.07, 6.45) is 6.62. The maximum Gasteiger partial charge on any atom is 0.160 e. The van der Waals surface area contributed by atoms with Gasteiger partial charge in [-0.05, 0) is 36.1 Å². The third kappa shape index (κ3) is 4.94. The van der Waals surface area contributed by atoms with Crippen molar-refractivity contribution in [3.05, 3.63) is 73.1 Å². The highest BCUT2D eigenvalue weighted by Gasteiger charge is 2.19. The Bertz CT molecular complexity index is 1800. The Hall–Kier alpha value is -4.70. The molecule has 0 aliphatic carbocycles. The highest BCUT2D eigenvalue weighted by Crippen LogP contribution is 2.33. The minimum Gasteiger partial charge on any atom is -0.374 e. The molecule has 6 aromatic rings. The molecule has 5 aromatic heterocycles. The van der Waals surface area contributed by atoms with Gasteiger partial charge in [-0.1, -0.05) is 39.0 Å². The van der Waals surface area contributed by atoms with Gasteiger partial charge >= 0.3 is 0 Å². The number of benzene rings is 1. The van der Waals surface area contributed by atoms with Gasteiger partial charge in [0.25, 0.3) is 0 Å². The van der Waals surface area contributed by atoms with E-state index in [9.17, 15) is 9.50 Å². The summed E-state index contributed by atoms with van der Waals surface area (Å²) in [5, 5.41) is 21.9. The summed E-state index contributed by atoms with van der Waals surface area (Å²) in [4.78, 5) is 21.3. The molecule has 1 atom stereocenters. The molecule has 0 amide bonds. The number of nitrogens with zero attached hydrogens (tertiary/aromatic N) is 5. The van der Waals surface area contributed by atoms with Crippen LogP contribution < -0.4 is 5.32 Å². The molecule has 0 fully saturated rings. The van der Waals surface area contributed by atoms with E-state index in [-0.39, 0.29) is 11.2 Å². The number of rotatable bonds is 6. The van der Waals surface area contributed by atoms with Crippen molar-refractivity contribution in [1.29, 1.82) is 0 Å². The first-order chi connectivity index (χ1) is 18.7. The van der Waals surface area contributed by atoms with Gasteiger partial charge in [-0.3, -0.25) is 15.1 Å². The SMILES string of the molecule is CC(C)(C)CC(O)Nc1cncc(-c2cc3c(-c4nc5c(-c6ccccc6F)ccnc5[nH]4)n[nH]c3cn2)c1. The summed E-state index contributed by atoms with van der Waals surface area (Å²) < 4.78 is 14.6. The van der Waals surface area contributed by atoms with Crippen LogP contribution >= 0.6 is 0 Å². The minimum atomic E-state index is -0.700. The van der Waals surface area contributed by atoms with Gasteiger partial charge in [-0.2, -0.15) is 5.10 Å². The lowest BCUT2D eigenvalue weighted by Crippen LogP contribution is -2.25. The Balaban J connectivity index is 1.37. The summed E-state index contributed by atoms with van der Waals surface area (Å²) in [6, 6.07) is 12.2. The fourth-order valence-electron chi connectivity index (χ4n) is 4.66. The Labute approximate surface area is 223 Å². The van der Waals surface area contributed by atoms with Gasteiger partial charge in [0.2, 0.25) is 0 Å². The monoisotopic (exact) mass is 522 g/mol. The molecule has 0 spiro atoms. The van der Waals surface area contributed by atoms with Gasteiger partial charge in [0.05, 0.1) is 29.3 Å². The van der Waals surface area contributed by atoms with Crippen LogP contribution in [0.15, 0.2) is 67.3 Å². The van der Waals surface area contributed by atoms with E-state index in [1.807, 2.05) is 12.1 Å². The second kappa shape index (κ2) is 9.55. The summed E-state index contributed by atoms with van der Waals surface area (Å²) in [7, 11) is 0. The predicted octanol–water partition coefficient (Wildman–Crippen LogP) is 5.93. The third-order valence-corrected chi connectivity index (χ3v) is 6.39. The molecule has 10 heteroatoms. The molecular formula is C29H27FN8O. The molecule has 1 aromatic carbocycles. The van der Waals surface area contributed by atoms with Gasteiger partial charge in [0, 0.05) is 34.5 Å². The lowest BCUT2D eigenvalue weighted by molar-refractivity contribution is 0.145. The van der Waals surface area contributed by atoms with Gasteiger partial charge in [-0.15, -0.1) is 0 Å². The van der Waals surface area contributed by atoms with Crippen LogP contribution in [0.25, 0.3) is 56.0 Å². The van der Waals surface area contributed by atoms with Crippen LogP contribution in [-0.4, -0.2) is 46.5 Å². The molecule has 6 rings (SSSR count). The zero-order valence-electron chi connectivity index (χ0n) is 21.7. The summed E-state index contributed by atoms with van der Waals surface area (Å²) >= 11 is 0. The van der Waals surface area contributed by atoms with Gasteiger partial charge in [0.15, 0.2) is 11.5 Å². The fraction of sp³-hybridized carbons (Fsp3) is 0.207. The van der Waals surface area contributed by atoms with E-state index in [1.54, 1.807) is 49.1 Å². The zero-order valence-corrected chi connectivity index (χ0v) is 21.7. The summed E-state index contributed by atoms with van der Waals surface area (Å²) in [5.74, 6) is 0.176. The van der Waals surface area contributed by atoms with E-state index in [1.165, 1.54) is 6.07 Å². The second-order valence-electron chi connectivity index (χ2n) is 10.7. The lowest BCUT2D eigenvalue weighted by Gasteiger charge is -2.23. The Morgan fingerprint density at radius 2 is 1.87 bits per heavy atom. The number of H-pyrrole nitrogens is 2. The van der Waals surface area contributed by atoms with E-state index >= 15 is 0 Å². The molecule has 0 bridgehead atoms. The van der Waals surface area contributed by atoms with Crippen LogP contribution in [0.5, 0.6) is 0 Å². The van der Waals surface area contributed by atoms with Gasteiger partial charge in [-0.25, -0.2) is 14.4 Å². The van der Waals surface area contributed by atoms with Crippen molar-refractivity contribution < 1.29 is 9.50 Å². The van der Waals surface area contributed by atoms with Crippen LogP contribution in [0.3, 0.4) is 0 Å². The fourth-order valence-corrected chi connectivity index (χ4v) is 4.66. The van der Waals surface area contributed by atoms with Crippen LogP contribution in [0.1, 0.15) is 27.2 Å². The number of anilines is 1. The highest BCUT2D eigenvalue weighted by atomic mass is 19.1. The number of hydrogen-bond donors (Lipinski definition) is 4. The van der Waals surface area contributed by atoms with Crippen molar-refractivity contribution in [2.45, 2.75) is 33.4 Å². The Kier molecular flexibility index (Phi) is 6.03. The van der Waals surface area contributed by atoms with Crippen LogP contribution in [0, 0.1) is 11.2 Å². The predicted molar refractivity (Wildman–Crippen MR) is 149 cm³/mol. The third-order valence-electron chi connectivity index (χ3n) is 6.39.